The van der Waals surface area contributed by atoms with E-state index in [-0.39, 0.29) is 18.0 Å². The van der Waals surface area contributed by atoms with E-state index in [2.05, 4.69) is 43.0 Å². The van der Waals surface area contributed by atoms with E-state index >= 15 is 0 Å². The molecule has 4 nitrogen and oxygen atoms in total. The van der Waals surface area contributed by atoms with Crippen LogP contribution >= 0.6 is 0 Å². The highest BCUT2D eigenvalue weighted by Gasteiger charge is 2.25. The maximum absolute atomic E-state index is 14.9. The molecule has 0 bridgehead atoms. The van der Waals surface area contributed by atoms with Gasteiger partial charge in [0.2, 0.25) is 0 Å². The number of aromatic nitrogens is 2. The van der Waals surface area contributed by atoms with Crippen LogP contribution in [0.5, 0.6) is 0 Å². The van der Waals surface area contributed by atoms with Crippen LogP contribution in [0.3, 0.4) is 0 Å². The zero-order valence-corrected chi connectivity index (χ0v) is 19.0. The number of rotatable bonds is 5. The molecule has 1 aliphatic rings. The van der Waals surface area contributed by atoms with Crippen LogP contribution in [0.25, 0.3) is 28.1 Å². The van der Waals surface area contributed by atoms with Gasteiger partial charge >= 0.3 is 0 Å². The zero-order valence-electron chi connectivity index (χ0n) is 19.0. The van der Waals surface area contributed by atoms with E-state index in [0.717, 1.165) is 41.2 Å². The molecule has 168 valence electrons. The molecule has 4 aromatic rings. The summed E-state index contributed by atoms with van der Waals surface area (Å²) < 4.78 is 22.7. The summed E-state index contributed by atoms with van der Waals surface area (Å²) in [4.78, 5) is 2.36. The molecule has 2 unspecified atom stereocenters. The smallest absolute Gasteiger partial charge is 0.132 e. The highest BCUT2D eigenvalue weighted by molar-refractivity contribution is 5.68. The van der Waals surface area contributed by atoms with Crippen molar-refractivity contribution in [2.24, 2.45) is 0 Å². The molecule has 2 atom stereocenters. The molecule has 33 heavy (non-hydrogen) atoms. The number of hydrogen-bond acceptors (Lipinski definition) is 3. The van der Waals surface area contributed by atoms with Crippen molar-refractivity contribution >= 4 is 0 Å². The molecule has 1 fully saturated rings. The summed E-state index contributed by atoms with van der Waals surface area (Å²) in [5.74, 6) is -0.245. The number of nitrogens with zero attached hydrogens (tertiary/aromatic N) is 3. The molecule has 3 aromatic carbocycles. The van der Waals surface area contributed by atoms with E-state index < -0.39 is 0 Å². The Morgan fingerprint density at radius 3 is 2.18 bits per heavy atom. The van der Waals surface area contributed by atoms with Gasteiger partial charge in [-0.15, -0.1) is 0 Å². The zero-order chi connectivity index (χ0) is 22.8. The van der Waals surface area contributed by atoms with Crippen molar-refractivity contribution in [1.82, 2.24) is 14.7 Å². The Hall–Kier alpha value is -3.28. The van der Waals surface area contributed by atoms with E-state index in [9.17, 15) is 4.39 Å². The Balaban J connectivity index is 1.53. The summed E-state index contributed by atoms with van der Waals surface area (Å²) in [6.07, 6.45) is 2.22. The standard InChI is InChI=1S/C28H28FN3O/c1-20-17-31(18-21(2)33-20)19-24-16-30-32(28(24)26-10-6-7-11-27(26)29)25-14-12-23(13-15-25)22-8-4-3-5-9-22/h3-16,20-21H,17-19H2,1-2H3. The summed E-state index contributed by atoms with van der Waals surface area (Å²) in [5.41, 5.74) is 5.57. The van der Waals surface area contributed by atoms with Crippen LogP contribution in [-0.4, -0.2) is 40.0 Å². The van der Waals surface area contributed by atoms with Gasteiger partial charge in [-0.25, -0.2) is 9.07 Å². The van der Waals surface area contributed by atoms with Gasteiger partial charge in [-0.2, -0.15) is 5.10 Å². The second-order valence-corrected chi connectivity index (χ2v) is 8.77. The number of benzene rings is 3. The lowest BCUT2D eigenvalue weighted by Crippen LogP contribution is -2.44. The first-order chi connectivity index (χ1) is 16.1. The predicted octanol–water partition coefficient (Wildman–Crippen LogP) is 5.95. The number of halogens is 1. The first-order valence-corrected chi connectivity index (χ1v) is 11.4. The molecule has 1 saturated heterocycles. The Morgan fingerprint density at radius 1 is 0.848 bits per heavy atom. The topological polar surface area (TPSA) is 30.3 Å². The third kappa shape index (κ3) is 4.61. The molecule has 0 spiro atoms. The van der Waals surface area contributed by atoms with Crippen molar-refractivity contribution in [1.29, 1.82) is 0 Å². The van der Waals surface area contributed by atoms with Crippen molar-refractivity contribution in [3.63, 3.8) is 0 Å². The van der Waals surface area contributed by atoms with Crippen LogP contribution in [0, 0.1) is 5.82 Å². The monoisotopic (exact) mass is 441 g/mol. The van der Waals surface area contributed by atoms with E-state index in [0.29, 0.717) is 12.1 Å². The fourth-order valence-corrected chi connectivity index (χ4v) is 4.71. The molecule has 0 N–H and O–H groups in total. The predicted molar refractivity (Wildman–Crippen MR) is 130 cm³/mol. The fraction of sp³-hybridized carbons (Fsp3) is 0.250. The van der Waals surface area contributed by atoms with Gasteiger partial charge in [0.1, 0.15) is 5.82 Å². The summed E-state index contributed by atoms with van der Waals surface area (Å²) in [6.45, 7) is 6.58. The van der Waals surface area contributed by atoms with Gasteiger partial charge in [-0.3, -0.25) is 4.90 Å². The van der Waals surface area contributed by atoms with Gasteiger partial charge in [-0.05, 0) is 49.2 Å². The molecule has 5 rings (SSSR count). The minimum Gasteiger partial charge on any atom is -0.373 e. The van der Waals surface area contributed by atoms with Crippen LogP contribution in [0.1, 0.15) is 19.4 Å². The molecule has 0 amide bonds. The van der Waals surface area contributed by atoms with Crippen molar-refractivity contribution in [2.45, 2.75) is 32.6 Å². The maximum atomic E-state index is 14.9. The third-order valence-electron chi connectivity index (χ3n) is 6.08. The lowest BCUT2D eigenvalue weighted by Gasteiger charge is -2.35. The van der Waals surface area contributed by atoms with Crippen molar-refractivity contribution in [3.8, 4) is 28.1 Å². The van der Waals surface area contributed by atoms with Gasteiger partial charge in [0, 0.05) is 30.8 Å². The normalized spacial score (nSPS) is 19.0. The summed E-state index contributed by atoms with van der Waals surface area (Å²) in [6, 6.07) is 25.5. The molecule has 0 aliphatic carbocycles. The number of hydrogen-bond donors (Lipinski definition) is 0. The molecular weight excluding hydrogens is 413 g/mol. The van der Waals surface area contributed by atoms with Crippen LogP contribution < -0.4 is 0 Å². The van der Waals surface area contributed by atoms with Crippen molar-refractivity contribution < 1.29 is 9.13 Å². The SMILES string of the molecule is CC1CN(Cc2cnn(-c3ccc(-c4ccccc4)cc3)c2-c2ccccc2F)CC(C)O1. The van der Waals surface area contributed by atoms with Crippen LogP contribution in [0.2, 0.25) is 0 Å². The van der Waals surface area contributed by atoms with Crippen molar-refractivity contribution in [2.75, 3.05) is 13.1 Å². The van der Waals surface area contributed by atoms with Crippen LogP contribution in [0.15, 0.2) is 85.1 Å². The summed E-state index contributed by atoms with van der Waals surface area (Å²) >= 11 is 0. The quantitative estimate of drug-likeness (QED) is 0.383. The van der Waals surface area contributed by atoms with Gasteiger partial charge in [-0.1, -0.05) is 54.6 Å². The minimum absolute atomic E-state index is 0.172. The molecular formula is C28H28FN3O. The minimum atomic E-state index is -0.245. The summed E-state index contributed by atoms with van der Waals surface area (Å²) in [5, 5.41) is 4.70. The number of morpholine rings is 1. The average molecular weight is 442 g/mol. The lowest BCUT2D eigenvalue weighted by molar-refractivity contribution is -0.0704. The highest BCUT2D eigenvalue weighted by Crippen LogP contribution is 2.31. The second-order valence-electron chi connectivity index (χ2n) is 8.77. The van der Waals surface area contributed by atoms with Gasteiger partial charge in [0.25, 0.3) is 0 Å². The van der Waals surface area contributed by atoms with Crippen LogP contribution in [0.4, 0.5) is 4.39 Å². The first kappa shape index (κ1) is 21.6. The molecule has 0 radical (unpaired) electrons. The second kappa shape index (κ2) is 9.30. The van der Waals surface area contributed by atoms with Crippen molar-refractivity contribution in [3.05, 3.63) is 96.4 Å². The molecule has 1 aliphatic heterocycles. The Labute approximate surface area is 194 Å². The highest BCUT2D eigenvalue weighted by atomic mass is 19.1. The Kier molecular flexibility index (Phi) is 6.07. The van der Waals surface area contributed by atoms with E-state index in [1.165, 1.54) is 6.07 Å². The largest absolute Gasteiger partial charge is 0.373 e. The third-order valence-corrected chi connectivity index (χ3v) is 6.08. The van der Waals surface area contributed by atoms with E-state index in [1.807, 2.05) is 53.3 Å². The first-order valence-electron chi connectivity index (χ1n) is 11.4. The number of ether oxygens (including phenoxy) is 1. The summed E-state index contributed by atoms with van der Waals surface area (Å²) in [7, 11) is 0. The molecule has 5 heteroatoms. The van der Waals surface area contributed by atoms with Gasteiger partial charge in [0.05, 0.1) is 29.8 Å². The van der Waals surface area contributed by atoms with Crippen LogP contribution in [-0.2, 0) is 11.3 Å². The molecule has 0 saturated carbocycles. The molecule has 1 aromatic heterocycles. The lowest BCUT2D eigenvalue weighted by atomic mass is 10.0. The fourth-order valence-electron chi connectivity index (χ4n) is 4.71. The van der Waals surface area contributed by atoms with Gasteiger partial charge < -0.3 is 4.74 Å². The average Bonchev–Trinajstić information content (AvgIpc) is 3.22. The van der Waals surface area contributed by atoms with E-state index in [1.54, 1.807) is 6.07 Å². The van der Waals surface area contributed by atoms with E-state index in [4.69, 9.17) is 9.84 Å². The Morgan fingerprint density at radius 2 is 1.48 bits per heavy atom. The maximum Gasteiger partial charge on any atom is 0.132 e. The Bertz CT molecular complexity index is 1210. The van der Waals surface area contributed by atoms with Gasteiger partial charge in [0.15, 0.2) is 0 Å². The molecule has 2 heterocycles.